The van der Waals surface area contributed by atoms with Crippen LogP contribution in [0, 0.1) is 0 Å². The lowest BCUT2D eigenvalue weighted by molar-refractivity contribution is -0.133. The Morgan fingerprint density at radius 2 is 2.26 bits per heavy atom. The van der Waals surface area contributed by atoms with Crippen LogP contribution in [0.1, 0.15) is 24.7 Å². The van der Waals surface area contributed by atoms with Gasteiger partial charge < -0.3 is 9.32 Å². The van der Waals surface area contributed by atoms with E-state index in [-0.39, 0.29) is 18.4 Å². The van der Waals surface area contributed by atoms with Gasteiger partial charge >= 0.3 is 0 Å². The molecule has 2 aromatic heterocycles. The number of carbonyl (C=O) groups excluding carboxylic acids is 1. The van der Waals surface area contributed by atoms with Crippen molar-refractivity contribution in [1.29, 1.82) is 0 Å². The lowest BCUT2D eigenvalue weighted by Gasteiger charge is -2.31. The van der Waals surface area contributed by atoms with Gasteiger partial charge in [-0.1, -0.05) is 17.3 Å². The Balaban J connectivity index is 1.49. The second kappa shape index (κ2) is 5.83. The molecule has 0 bridgehead atoms. The van der Waals surface area contributed by atoms with Crippen molar-refractivity contribution in [3.8, 4) is 0 Å². The van der Waals surface area contributed by atoms with Gasteiger partial charge in [-0.3, -0.25) is 4.79 Å². The molecule has 1 aromatic carbocycles. The van der Waals surface area contributed by atoms with Crippen LogP contribution in [-0.2, 0) is 11.3 Å². The molecule has 0 radical (unpaired) electrons. The number of amides is 1. The van der Waals surface area contributed by atoms with Gasteiger partial charge in [0.05, 0.1) is 12.1 Å². The largest absolute Gasteiger partial charge is 0.440 e. The van der Waals surface area contributed by atoms with Crippen LogP contribution in [0.25, 0.3) is 11.1 Å². The Kier molecular flexibility index (Phi) is 3.53. The van der Waals surface area contributed by atoms with E-state index in [9.17, 15) is 4.79 Å². The molecular weight excluding hydrogens is 294 g/mol. The van der Waals surface area contributed by atoms with Crippen molar-refractivity contribution in [1.82, 2.24) is 24.9 Å². The first-order valence-electron chi connectivity index (χ1n) is 7.77. The minimum atomic E-state index is 0.0521. The van der Waals surface area contributed by atoms with E-state index in [1.165, 1.54) is 0 Å². The van der Waals surface area contributed by atoms with E-state index in [4.69, 9.17) is 4.42 Å². The van der Waals surface area contributed by atoms with Crippen LogP contribution in [0.2, 0.25) is 0 Å². The summed E-state index contributed by atoms with van der Waals surface area (Å²) in [6.07, 6.45) is 5.21. The number of aromatic nitrogens is 4. The van der Waals surface area contributed by atoms with Crippen LogP contribution in [0.4, 0.5) is 0 Å². The number of hydrogen-bond acceptors (Lipinski definition) is 5. The lowest BCUT2D eigenvalue weighted by Crippen LogP contribution is -2.41. The van der Waals surface area contributed by atoms with Gasteiger partial charge in [-0.15, -0.1) is 5.10 Å². The summed E-state index contributed by atoms with van der Waals surface area (Å²) < 4.78 is 7.41. The summed E-state index contributed by atoms with van der Waals surface area (Å²) in [6, 6.07) is 7.75. The number of hydrogen-bond donors (Lipinski definition) is 0. The van der Waals surface area contributed by atoms with Crippen LogP contribution < -0.4 is 0 Å². The zero-order valence-corrected chi connectivity index (χ0v) is 12.6. The smallest absolute Gasteiger partial charge is 0.244 e. The second-order valence-corrected chi connectivity index (χ2v) is 5.80. The van der Waals surface area contributed by atoms with Gasteiger partial charge in [0.2, 0.25) is 5.91 Å². The molecule has 118 valence electrons. The van der Waals surface area contributed by atoms with E-state index in [2.05, 4.69) is 15.3 Å². The number of para-hydroxylation sites is 2. The zero-order chi connectivity index (χ0) is 15.6. The van der Waals surface area contributed by atoms with Crippen LogP contribution in [0.15, 0.2) is 41.1 Å². The Hall–Kier alpha value is -2.70. The topological polar surface area (TPSA) is 77.1 Å². The van der Waals surface area contributed by atoms with Crippen molar-refractivity contribution in [2.24, 2.45) is 0 Å². The number of fused-ring (bicyclic) bond motifs is 1. The molecule has 0 aliphatic carbocycles. The monoisotopic (exact) mass is 311 g/mol. The minimum Gasteiger partial charge on any atom is -0.440 e. The van der Waals surface area contributed by atoms with E-state index >= 15 is 0 Å². The van der Waals surface area contributed by atoms with Crippen molar-refractivity contribution in [3.05, 3.63) is 42.5 Å². The molecule has 4 rings (SSSR count). The lowest BCUT2D eigenvalue weighted by atomic mass is 9.98. The van der Waals surface area contributed by atoms with Crippen LogP contribution in [0.5, 0.6) is 0 Å². The molecule has 0 spiro atoms. The highest BCUT2D eigenvalue weighted by Crippen LogP contribution is 2.29. The third kappa shape index (κ3) is 2.81. The Labute approximate surface area is 132 Å². The van der Waals surface area contributed by atoms with Crippen molar-refractivity contribution >= 4 is 17.0 Å². The van der Waals surface area contributed by atoms with Crippen molar-refractivity contribution in [3.63, 3.8) is 0 Å². The molecule has 7 nitrogen and oxygen atoms in total. The van der Waals surface area contributed by atoms with Gasteiger partial charge in [0.15, 0.2) is 11.5 Å². The zero-order valence-electron chi connectivity index (χ0n) is 12.6. The second-order valence-electron chi connectivity index (χ2n) is 5.80. The van der Waals surface area contributed by atoms with Crippen molar-refractivity contribution in [2.75, 3.05) is 13.1 Å². The predicted molar refractivity (Wildman–Crippen MR) is 82.6 cm³/mol. The Morgan fingerprint density at radius 1 is 1.35 bits per heavy atom. The van der Waals surface area contributed by atoms with Gasteiger partial charge in [-0.25, -0.2) is 9.67 Å². The minimum absolute atomic E-state index is 0.0521. The van der Waals surface area contributed by atoms with E-state index in [0.717, 1.165) is 36.4 Å². The van der Waals surface area contributed by atoms with Gasteiger partial charge in [0.25, 0.3) is 0 Å². The summed E-state index contributed by atoms with van der Waals surface area (Å²) >= 11 is 0. The van der Waals surface area contributed by atoms with Gasteiger partial charge in [0, 0.05) is 19.3 Å². The SMILES string of the molecule is O=C(Cn1ccnn1)N1CCC[C@@H](c2nc3ccccc3o2)C1. The molecule has 0 N–H and O–H groups in total. The number of piperidine rings is 1. The number of benzene rings is 1. The third-order valence-electron chi connectivity index (χ3n) is 4.20. The molecule has 0 saturated carbocycles. The van der Waals surface area contributed by atoms with E-state index in [1.807, 2.05) is 29.2 Å². The molecule has 1 aliphatic heterocycles. The molecule has 1 saturated heterocycles. The number of oxazole rings is 1. The van der Waals surface area contributed by atoms with E-state index in [1.54, 1.807) is 17.1 Å². The molecule has 23 heavy (non-hydrogen) atoms. The quantitative estimate of drug-likeness (QED) is 0.737. The number of rotatable bonds is 3. The molecular formula is C16H17N5O2. The number of nitrogens with zero attached hydrogens (tertiary/aromatic N) is 5. The fraction of sp³-hybridized carbons (Fsp3) is 0.375. The fourth-order valence-corrected chi connectivity index (χ4v) is 3.03. The maximum Gasteiger partial charge on any atom is 0.244 e. The van der Waals surface area contributed by atoms with Crippen LogP contribution >= 0.6 is 0 Å². The average molecular weight is 311 g/mol. The highest BCUT2D eigenvalue weighted by Gasteiger charge is 2.28. The van der Waals surface area contributed by atoms with Crippen LogP contribution in [-0.4, -0.2) is 43.9 Å². The molecule has 1 aliphatic rings. The van der Waals surface area contributed by atoms with Crippen molar-refractivity contribution in [2.45, 2.75) is 25.3 Å². The predicted octanol–water partition coefficient (Wildman–Crippen LogP) is 1.83. The van der Waals surface area contributed by atoms with E-state index in [0.29, 0.717) is 6.54 Å². The Morgan fingerprint density at radius 3 is 3.09 bits per heavy atom. The summed E-state index contributed by atoms with van der Waals surface area (Å²) in [5.74, 6) is 0.927. The molecule has 7 heteroatoms. The molecule has 1 amide bonds. The highest BCUT2D eigenvalue weighted by atomic mass is 16.3. The summed E-state index contributed by atoms with van der Waals surface area (Å²) in [5.41, 5.74) is 1.67. The summed E-state index contributed by atoms with van der Waals surface area (Å²) in [7, 11) is 0. The van der Waals surface area contributed by atoms with Gasteiger partial charge in [-0.05, 0) is 25.0 Å². The molecule has 0 unspecified atom stereocenters. The molecule has 1 fully saturated rings. The summed E-state index contributed by atoms with van der Waals surface area (Å²) in [5, 5.41) is 7.57. The Bertz CT molecular complexity index is 778. The van der Waals surface area contributed by atoms with Crippen LogP contribution in [0.3, 0.4) is 0 Å². The third-order valence-corrected chi connectivity index (χ3v) is 4.20. The van der Waals surface area contributed by atoms with Gasteiger partial charge in [-0.2, -0.15) is 0 Å². The first-order valence-corrected chi connectivity index (χ1v) is 7.77. The number of carbonyl (C=O) groups is 1. The van der Waals surface area contributed by atoms with Gasteiger partial charge in [0.1, 0.15) is 12.1 Å². The molecule has 3 heterocycles. The fourth-order valence-electron chi connectivity index (χ4n) is 3.03. The summed E-state index contributed by atoms with van der Waals surface area (Å²) in [4.78, 5) is 18.8. The standard InChI is InChI=1S/C16H17N5O2/c22-15(11-21-9-7-17-19-21)20-8-3-4-12(10-20)16-18-13-5-1-2-6-14(13)23-16/h1-2,5-7,9,12H,3-4,8,10-11H2/t12-/m1/s1. The molecule has 3 aromatic rings. The van der Waals surface area contributed by atoms with E-state index < -0.39 is 0 Å². The highest BCUT2D eigenvalue weighted by molar-refractivity contribution is 5.76. The summed E-state index contributed by atoms with van der Waals surface area (Å²) in [6.45, 7) is 1.63. The average Bonchev–Trinajstić information content (AvgIpc) is 3.24. The van der Waals surface area contributed by atoms with Crippen molar-refractivity contribution < 1.29 is 9.21 Å². The first kappa shape index (κ1) is 13.9. The molecule has 1 atom stereocenters. The normalized spacial score (nSPS) is 18.4. The maximum absolute atomic E-state index is 12.4. The number of likely N-dealkylation sites (tertiary alicyclic amines) is 1. The maximum atomic E-state index is 12.4. The first-order chi connectivity index (χ1) is 11.3.